The number of aliphatic imine (C=N–C) groups is 1. The fraction of sp³-hybridized carbons (Fsp3) is 0.0741. The number of carbonyl (C=O) groups excluding carboxylic acids is 3. The number of aromatic nitrogens is 1. The first-order valence-electron chi connectivity index (χ1n) is 11.2. The second-order valence-electron chi connectivity index (χ2n) is 8.09. The summed E-state index contributed by atoms with van der Waals surface area (Å²) in [5.41, 5.74) is 3.35. The predicted octanol–water partition coefficient (Wildman–Crippen LogP) is 2.71. The fourth-order valence-corrected chi connectivity index (χ4v) is 4.16. The van der Waals surface area contributed by atoms with Crippen molar-refractivity contribution < 1.29 is 14.4 Å². The summed E-state index contributed by atoms with van der Waals surface area (Å²) >= 11 is 0. The predicted molar refractivity (Wildman–Crippen MR) is 134 cm³/mol. The van der Waals surface area contributed by atoms with Crippen LogP contribution in [0.1, 0.15) is 21.6 Å². The van der Waals surface area contributed by atoms with E-state index in [1.807, 2.05) is 59.9 Å². The Labute approximate surface area is 206 Å². The number of hydrogen-bond acceptors (Lipinski definition) is 5. The van der Waals surface area contributed by atoms with Crippen molar-refractivity contribution >= 4 is 40.0 Å². The molecular weight excluding hydrogens is 456 g/mol. The van der Waals surface area contributed by atoms with Gasteiger partial charge in [0, 0.05) is 22.0 Å². The van der Waals surface area contributed by atoms with Crippen molar-refractivity contribution in [1.29, 1.82) is 5.26 Å². The van der Waals surface area contributed by atoms with E-state index in [-0.39, 0.29) is 5.69 Å². The van der Waals surface area contributed by atoms with Crippen molar-refractivity contribution in [3.8, 4) is 6.19 Å². The zero-order valence-electron chi connectivity index (χ0n) is 18.9. The molecular formula is C27H20N6O3. The molecule has 0 fully saturated rings. The van der Waals surface area contributed by atoms with Crippen LogP contribution in [0.2, 0.25) is 0 Å². The van der Waals surface area contributed by atoms with Gasteiger partial charge in [0.05, 0.1) is 11.4 Å². The van der Waals surface area contributed by atoms with Gasteiger partial charge in [-0.15, -0.1) is 0 Å². The molecule has 0 radical (unpaired) electrons. The largest absolute Gasteiger partial charge is 0.351 e. The molecule has 0 saturated heterocycles. The number of para-hydroxylation sites is 2. The second-order valence-corrected chi connectivity index (χ2v) is 8.09. The lowest BCUT2D eigenvalue weighted by molar-refractivity contribution is -0.124. The molecule has 1 aromatic heterocycles. The lowest BCUT2D eigenvalue weighted by Crippen LogP contribution is -2.50. The average Bonchev–Trinajstić information content (AvgIpc) is 3.30. The van der Waals surface area contributed by atoms with Gasteiger partial charge in [0.2, 0.25) is 6.17 Å². The molecule has 9 nitrogen and oxygen atoms in total. The summed E-state index contributed by atoms with van der Waals surface area (Å²) in [6, 6.07) is 25.5. The number of aromatic amines is 1. The highest BCUT2D eigenvalue weighted by molar-refractivity contribution is 6.21. The minimum absolute atomic E-state index is 0.274. The molecule has 4 aromatic rings. The van der Waals surface area contributed by atoms with Crippen molar-refractivity contribution in [2.45, 2.75) is 6.17 Å². The number of amides is 3. The van der Waals surface area contributed by atoms with Crippen LogP contribution >= 0.6 is 0 Å². The van der Waals surface area contributed by atoms with E-state index in [1.165, 1.54) is 4.90 Å². The maximum Gasteiger partial charge on any atom is 0.272 e. The number of benzodiazepines with no additional fused rings is 1. The SMILES string of the molecule is N#CNC(=O)CN1C(=O)C(NC(=O)c2cc3ccccc3[nH]2)N=C(c2ccccc2)c2ccccc21. The Balaban J connectivity index is 1.58. The van der Waals surface area contributed by atoms with Crippen LogP contribution in [0.4, 0.5) is 5.69 Å². The van der Waals surface area contributed by atoms with Crippen LogP contribution < -0.4 is 15.5 Å². The van der Waals surface area contributed by atoms with E-state index in [4.69, 9.17) is 5.26 Å². The summed E-state index contributed by atoms with van der Waals surface area (Å²) in [5.74, 6) is -1.79. The highest BCUT2D eigenvalue weighted by atomic mass is 16.2. The number of nitrogens with zero attached hydrogens (tertiary/aromatic N) is 3. The third-order valence-corrected chi connectivity index (χ3v) is 5.79. The lowest BCUT2D eigenvalue weighted by atomic mass is 10.0. The summed E-state index contributed by atoms with van der Waals surface area (Å²) < 4.78 is 0. The molecule has 0 saturated carbocycles. The quantitative estimate of drug-likeness (QED) is 0.302. The Hall–Kier alpha value is -5.23. The van der Waals surface area contributed by atoms with Crippen LogP contribution in [0.25, 0.3) is 10.9 Å². The Bertz CT molecular complexity index is 1520. The van der Waals surface area contributed by atoms with Crippen molar-refractivity contribution in [2.75, 3.05) is 11.4 Å². The third kappa shape index (κ3) is 4.31. The van der Waals surface area contributed by atoms with E-state index in [2.05, 4.69) is 15.3 Å². The molecule has 0 spiro atoms. The van der Waals surface area contributed by atoms with Gasteiger partial charge >= 0.3 is 0 Å². The number of rotatable bonds is 5. The van der Waals surface area contributed by atoms with Gasteiger partial charge in [-0.2, -0.15) is 5.26 Å². The first kappa shape index (κ1) is 22.6. The van der Waals surface area contributed by atoms with Gasteiger partial charge in [0.25, 0.3) is 17.7 Å². The van der Waals surface area contributed by atoms with E-state index >= 15 is 0 Å². The summed E-state index contributed by atoms with van der Waals surface area (Å²) in [4.78, 5) is 48.2. The van der Waals surface area contributed by atoms with Gasteiger partial charge in [-0.3, -0.25) is 24.6 Å². The Morgan fingerprint density at radius 1 is 1.00 bits per heavy atom. The molecule has 0 bridgehead atoms. The molecule has 3 amide bonds. The third-order valence-electron chi connectivity index (χ3n) is 5.79. The number of benzene rings is 3. The van der Waals surface area contributed by atoms with E-state index in [1.54, 1.807) is 36.5 Å². The normalized spacial score (nSPS) is 14.9. The molecule has 9 heteroatoms. The molecule has 1 aliphatic heterocycles. The second kappa shape index (κ2) is 9.56. The number of H-pyrrole nitrogens is 1. The van der Waals surface area contributed by atoms with E-state index in [9.17, 15) is 14.4 Å². The molecule has 0 aliphatic carbocycles. The van der Waals surface area contributed by atoms with Crippen molar-refractivity contribution in [1.82, 2.24) is 15.6 Å². The first-order chi connectivity index (χ1) is 17.5. The van der Waals surface area contributed by atoms with Gasteiger partial charge in [-0.25, -0.2) is 4.99 Å². The number of carbonyl (C=O) groups is 3. The van der Waals surface area contributed by atoms with Crippen LogP contribution in [-0.4, -0.2) is 41.1 Å². The first-order valence-corrected chi connectivity index (χ1v) is 11.2. The smallest absolute Gasteiger partial charge is 0.272 e. The van der Waals surface area contributed by atoms with Crippen LogP contribution in [0, 0.1) is 11.5 Å². The number of fused-ring (bicyclic) bond motifs is 2. The summed E-state index contributed by atoms with van der Waals surface area (Å²) in [6.45, 7) is -0.417. The van der Waals surface area contributed by atoms with Crippen molar-refractivity contribution in [3.63, 3.8) is 0 Å². The molecule has 3 N–H and O–H groups in total. The molecule has 3 aromatic carbocycles. The number of anilines is 1. The lowest BCUT2D eigenvalue weighted by Gasteiger charge is -2.24. The van der Waals surface area contributed by atoms with E-state index in [0.29, 0.717) is 17.0 Å². The van der Waals surface area contributed by atoms with Gasteiger partial charge in [-0.1, -0.05) is 66.7 Å². The van der Waals surface area contributed by atoms with Crippen LogP contribution in [0.15, 0.2) is 89.9 Å². The van der Waals surface area contributed by atoms with Gasteiger partial charge in [0.1, 0.15) is 12.2 Å². The molecule has 176 valence electrons. The summed E-state index contributed by atoms with van der Waals surface area (Å²) in [7, 11) is 0. The molecule has 1 atom stereocenters. The summed E-state index contributed by atoms with van der Waals surface area (Å²) in [5, 5.41) is 14.5. The van der Waals surface area contributed by atoms with Crippen LogP contribution in [0.3, 0.4) is 0 Å². The Morgan fingerprint density at radius 3 is 2.50 bits per heavy atom. The molecule has 36 heavy (non-hydrogen) atoms. The maximum atomic E-state index is 13.7. The minimum Gasteiger partial charge on any atom is -0.351 e. The molecule has 5 rings (SSSR count). The number of nitrogens with one attached hydrogen (secondary N) is 3. The Morgan fingerprint density at radius 2 is 1.72 bits per heavy atom. The van der Waals surface area contributed by atoms with Gasteiger partial charge in [-0.05, 0) is 18.2 Å². The maximum absolute atomic E-state index is 13.7. The zero-order chi connectivity index (χ0) is 25.1. The standard InChI is InChI=1S/C27H20N6O3/c28-16-29-23(34)15-33-22-13-7-5-11-19(22)24(17-8-2-1-3-9-17)31-25(27(33)36)32-26(35)21-14-18-10-4-6-12-20(18)30-21/h1-14,25,30H,15H2,(H,29,34)(H,32,35). The molecule has 2 heterocycles. The topological polar surface area (TPSA) is 130 Å². The average molecular weight is 476 g/mol. The highest BCUT2D eigenvalue weighted by Gasteiger charge is 2.34. The number of hydrogen-bond donors (Lipinski definition) is 3. The zero-order valence-corrected chi connectivity index (χ0v) is 18.9. The van der Waals surface area contributed by atoms with Gasteiger partial charge < -0.3 is 10.3 Å². The minimum atomic E-state index is -1.32. The van der Waals surface area contributed by atoms with E-state index in [0.717, 1.165) is 16.5 Å². The molecule has 1 aliphatic rings. The van der Waals surface area contributed by atoms with Crippen LogP contribution in [-0.2, 0) is 9.59 Å². The van der Waals surface area contributed by atoms with Crippen LogP contribution in [0.5, 0.6) is 0 Å². The summed E-state index contributed by atoms with van der Waals surface area (Å²) in [6.07, 6.45) is 0.266. The van der Waals surface area contributed by atoms with E-state index < -0.39 is 30.4 Å². The molecule has 1 unspecified atom stereocenters. The van der Waals surface area contributed by atoms with Crippen molar-refractivity contribution in [3.05, 3.63) is 102 Å². The monoisotopic (exact) mass is 476 g/mol. The Kier molecular flexibility index (Phi) is 5.99. The van der Waals surface area contributed by atoms with Gasteiger partial charge in [0.15, 0.2) is 6.19 Å². The fourth-order valence-electron chi connectivity index (χ4n) is 4.16. The van der Waals surface area contributed by atoms with Crippen molar-refractivity contribution in [2.24, 2.45) is 4.99 Å². The highest BCUT2D eigenvalue weighted by Crippen LogP contribution is 2.28. The number of nitriles is 1.